The molecule has 0 N–H and O–H groups in total. The van der Waals surface area contributed by atoms with Crippen molar-refractivity contribution in [1.82, 2.24) is 0 Å². The van der Waals surface area contributed by atoms with Gasteiger partial charge < -0.3 is 0 Å². The van der Waals surface area contributed by atoms with Gasteiger partial charge in [-0.05, 0) is 101 Å². The first-order valence-corrected chi connectivity index (χ1v) is 17.4. The molecule has 0 aliphatic rings. The molecule has 0 bridgehead atoms. The highest BCUT2D eigenvalue weighted by molar-refractivity contribution is 7.26. The molecule has 1 aromatic heterocycles. The molecule has 0 unspecified atom stereocenters. The van der Waals surface area contributed by atoms with Gasteiger partial charge in [-0.1, -0.05) is 152 Å². The van der Waals surface area contributed by atoms with E-state index >= 15 is 0 Å². The van der Waals surface area contributed by atoms with E-state index in [0.29, 0.717) is 0 Å². The summed E-state index contributed by atoms with van der Waals surface area (Å²) in [5.74, 6) is 0. The summed E-state index contributed by atoms with van der Waals surface area (Å²) in [6.45, 7) is 2.26. The summed E-state index contributed by atoms with van der Waals surface area (Å²) in [5, 5.41) is 13.1. The lowest BCUT2D eigenvalue weighted by Gasteiger charge is -2.18. The average molecular weight is 627 g/mol. The van der Waals surface area contributed by atoms with E-state index in [1.807, 2.05) is 11.3 Å². The third-order valence-electron chi connectivity index (χ3n) is 10.2. The van der Waals surface area contributed by atoms with E-state index in [2.05, 4.69) is 171 Å². The van der Waals surface area contributed by atoms with E-state index in [1.54, 1.807) is 0 Å². The van der Waals surface area contributed by atoms with Crippen molar-refractivity contribution in [2.45, 2.75) is 6.92 Å². The van der Waals surface area contributed by atoms with Crippen LogP contribution in [0, 0.1) is 6.92 Å². The molecule has 0 saturated carbocycles. The van der Waals surface area contributed by atoms with Gasteiger partial charge in [-0.3, -0.25) is 0 Å². The zero-order valence-electron chi connectivity index (χ0n) is 26.5. The second kappa shape index (κ2) is 10.6. The van der Waals surface area contributed by atoms with Crippen LogP contribution in [0.15, 0.2) is 164 Å². The van der Waals surface area contributed by atoms with Crippen LogP contribution in [0.4, 0.5) is 0 Å². The van der Waals surface area contributed by atoms with Crippen molar-refractivity contribution >= 4 is 74.6 Å². The van der Waals surface area contributed by atoms with Crippen LogP contribution in [0.25, 0.3) is 96.6 Å². The SMILES string of the molecule is Cc1c2ccccc2c(-c2cccc3sc4cc(-c5c6ccccc6c(-c6ccccc6)c6ccccc56)ccc4c23)c2ccccc12. The molecule has 224 valence electrons. The van der Waals surface area contributed by atoms with Crippen molar-refractivity contribution in [3.63, 3.8) is 0 Å². The highest BCUT2D eigenvalue weighted by Crippen LogP contribution is 2.48. The van der Waals surface area contributed by atoms with Crippen LogP contribution in [0.1, 0.15) is 5.56 Å². The third kappa shape index (κ3) is 3.95. The highest BCUT2D eigenvalue weighted by Gasteiger charge is 2.20. The summed E-state index contributed by atoms with van der Waals surface area (Å²) >= 11 is 1.90. The van der Waals surface area contributed by atoms with Crippen LogP contribution in [0.5, 0.6) is 0 Å². The Morgan fingerprint density at radius 3 is 1.38 bits per heavy atom. The molecule has 0 atom stereocenters. The fraction of sp³-hybridized carbons (Fsp3) is 0.0213. The summed E-state index contributed by atoms with van der Waals surface area (Å²) < 4.78 is 2.64. The molecule has 10 rings (SSSR count). The Balaban J connectivity index is 1.26. The average Bonchev–Trinajstić information content (AvgIpc) is 3.53. The molecule has 0 radical (unpaired) electrons. The van der Waals surface area contributed by atoms with E-state index in [0.717, 1.165) is 0 Å². The molecule has 1 heteroatoms. The van der Waals surface area contributed by atoms with E-state index in [9.17, 15) is 0 Å². The van der Waals surface area contributed by atoms with Crippen LogP contribution in [-0.4, -0.2) is 0 Å². The van der Waals surface area contributed by atoms with Gasteiger partial charge in [0.1, 0.15) is 0 Å². The van der Waals surface area contributed by atoms with E-state index < -0.39 is 0 Å². The Morgan fingerprint density at radius 2 is 0.812 bits per heavy atom. The predicted molar refractivity (Wildman–Crippen MR) is 210 cm³/mol. The van der Waals surface area contributed by atoms with Crippen LogP contribution >= 0.6 is 11.3 Å². The van der Waals surface area contributed by atoms with Crippen LogP contribution in [-0.2, 0) is 0 Å². The standard InChI is InChI=1S/C47H30S/c1-29-32-16-5-7-18-34(32)46(35-19-8-6-17-33(29)35)41-24-13-25-42-47(41)40-27-26-31(28-43(40)48-42)45-38-22-11-9-20-36(38)44(30-14-3-2-4-15-30)37-21-10-12-23-39(37)45/h2-28H,1H3. The normalized spacial score (nSPS) is 11.9. The first-order valence-electron chi connectivity index (χ1n) is 16.6. The fourth-order valence-electron chi connectivity index (χ4n) is 8.18. The lowest BCUT2D eigenvalue weighted by atomic mass is 9.85. The first kappa shape index (κ1) is 27.4. The van der Waals surface area contributed by atoms with Gasteiger partial charge in [0.15, 0.2) is 0 Å². The molecule has 10 aromatic rings. The minimum absolute atomic E-state index is 1.25. The molecule has 0 spiro atoms. The number of hydrogen-bond acceptors (Lipinski definition) is 1. The van der Waals surface area contributed by atoms with E-state index in [4.69, 9.17) is 0 Å². The summed E-state index contributed by atoms with van der Waals surface area (Å²) in [5.41, 5.74) is 9.09. The number of rotatable bonds is 3. The number of hydrogen-bond donors (Lipinski definition) is 0. The summed E-state index contributed by atoms with van der Waals surface area (Å²) in [6, 6.07) is 60.5. The Kier molecular flexibility index (Phi) is 6.06. The zero-order valence-corrected chi connectivity index (χ0v) is 27.3. The van der Waals surface area contributed by atoms with Gasteiger partial charge in [0.2, 0.25) is 0 Å². The number of thiophene rings is 1. The Bertz CT molecular complexity index is 2780. The smallest absolute Gasteiger partial charge is 0.0361 e. The van der Waals surface area contributed by atoms with Crippen LogP contribution in [0.3, 0.4) is 0 Å². The predicted octanol–water partition coefficient (Wildman–Crippen LogP) is 14.0. The first-order chi connectivity index (χ1) is 23.8. The van der Waals surface area contributed by atoms with Gasteiger partial charge in [-0.25, -0.2) is 0 Å². The summed E-state index contributed by atoms with van der Waals surface area (Å²) in [7, 11) is 0. The minimum Gasteiger partial charge on any atom is -0.135 e. The van der Waals surface area contributed by atoms with Crippen molar-refractivity contribution in [2.24, 2.45) is 0 Å². The second-order valence-electron chi connectivity index (χ2n) is 12.8. The maximum atomic E-state index is 2.44. The molecular formula is C47H30S. The largest absolute Gasteiger partial charge is 0.135 e. The van der Waals surface area contributed by atoms with Gasteiger partial charge in [0.25, 0.3) is 0 Å². The lowest BCUT2D eigenvalue weighted by molar-refractivity contribution is 1.58. The molecule has 0 saturated heterocycles. The van der Waals surface area contributed by atoms with Crippen molar-refractivity contribution in [3.05, 3.63) is 169 Å². The molecule has 0 nitrogen and oxygen atoms in total. The zero-order chi connectivity index (χ0) is 31.8. The summed E-state index contributed by atoms with van der Waals surface area (Å²) in [6.07, 6.45) is 0. The molecule has 0 aliphatic heterocycles. The van der Waals surface area contributed by atoms with Crippen molar-refractivity contribution < 1.29 is 0 Å². The second-order valence-corrected chi connectivity index (χ2v) is 13.9. The van der Waals surface area contributed by atoms with Crippen LogP contribution < -0.4 is 0 Å². The van der Waals surface area contributed by atoms with Gasteiger partial charge in [0, 0.05) is 20.2 Å². The van der Waals surface area contributed by atoms with Crippen molar-refractivity contribution in [3.8, 4) is 33.4 Å². The molecule has 48 heavy (non-hydrogen) atoms. The quantitative estimate of drug-likeness (QED) is 0.171. The topological polar surface area (TPSA) is 0 Å². The molecule has 9 aromatic carbocycles. The molecule has 0 aliphatic carbocycles. The molecule has 0 fully saturated rings. The maximum absolute atomic E-state index is 2.44. The van der Waals surface area contributed by atoms with Gasteiger partial charge in [0.05, 0.1) is 0 Å². The van der Waals surface area contributed by atoms with Gasteiger partial charge in [-0.2, -0.15) is 0 Å². The monoisotopic (exact) mass is 626 g/mol. The summed E-state index contributed by atoms with van der Waals surface area (Å²) in [4.78, 5) is 0. The van der Waals surface area contributed by atoms with Gasteiger partial charge >= 0.3 is 0 Å². The fourth-order valence-corrected chi connectivity index (χ4v) is 9.35. The van der Waals surface area contributed by atoms with Crippen molar-refractivity contribution in [2.75, 3.05) is 0 Å². The molecule has 1 heterocycles. The van der Waals surface area contributed by atoms with E-state index in [-0.39, 0.29) is 0 Å². The van der Waals surface area contributed by atoms with Crippen LogP contribution in [0.2, 0.25) is 0 Å². The Hall–Kier alpha value is -5.76. The molecule has 0 amide bonds. The number of fused-ring (bicyclic) bond motifs is 7. The highest BCUT2D eigenvalue weighted by atomic mass is 32.1. The maximum Gasteiger partial charge on any atom is 0.0361 e. The number of benzene rings is 9. The Morgan fingerprint density at radius 1 is 0.333 bits per heavy atom. The Labute approximate surface area is 283 Å². The number of aryl methyl sites for hydroxylation is 1. The van der Waals surface area contributed by atoms with E-state index in [1.165, 1.54) is 102 Å². The van der Waals surface area contributed by atoms with Crippen molar-refractivity contribution in [1.29, 1.82) is 0 Å². The minimum atomic E-state index is 1.25. The third-order valence-corrected chi connectivity index (χ3v) is 11.4. The van der Waals surface area contributed by atoms with Gasteiger partial charge in [-0.15, -0.1) is 11.3 Å². The lowest BCUT2D eigenvalue weighted by Crippen LogP contribution is -1.90. The molecular weight excluding hydrogens is 597 g/mol.